The van der Waals surface area contributed by atoms with Crippen molar-refractivity contribution in [3.8, 4) is 16.9 Å². The van der Waals surface area contributed by atoms with Crippen LogP contribution in [0.15, 0.2) is 66.9 Å². The molecular formula is C49H59N7O8S2. The fourth-order valence-electron chi connectivity index (χ4n) is 9.78. The molecule has 4 aliphatic rings. The number of aryl methyl sites for hydroxylation is 1. The SMILES string of the molecule is CN1CC(C(=O)CCc2ccc3c(-c4cccc(C(N)=S)c4)cn(C4CCN(S(=O)(=O)NCCCCCCNC(=O)COc5cccc6c5CN(C5CCC(=O)CC5=O)C6=O)CC4)c3c2)C1. The number of nitrogens with zero attached hydrogens (tertiary/aromatic N) is 4. The molecule has 17 heteroatoms. The van der Waals surface area contributed by atoms with Crippen LogP contribution in [0.25, 0.3) is 22.0 Å². The van der Waals surface area contributed by atoms with Gasteiger partial charge in [0.25, 0.3) is 22.0 Å². The Kier molecular flexibility index (Phi) is 14.8. The maximum Gasteiger partial charge on any atom is 0.279 e. The zero-order valence-electron chi connectivity index (χ0n) is 37.5. The molecule has 66 heavy (non-hydrogen) atoms. The largest absolute Gasteiger partial charge is 0.483 e. The summed E-state index contributed by atoms with van der Waals surface area (Å²) in [6, 6.07) is 18.8. The maximum absolute atomic E-state index is 13.4. The van der Waals surface area contributed by atoms with E-state index in [2.05, 4.69) is 43.9 Å². The van der Waals surface area contributed by atoms with Gasteiger partial charge in [0.15, 0.2) is 12.4 Å². The minimum absolute atomic E-state index is 0.0745. The minimum atomic E-state index is -3.68. The number of rotatable bonds is 20. The van der Waals surface area contributed by atoms with E-state index in [0.29, 0.717) is 98.8 Å². The third-order valence-corrected chi connectivity index (χ3v) is 15.4. The number of Topliss-reactive ketones (excluding diaryl/α,β-unsaturated/α-hetero) is 3. The Bertz CT molecular complexity index is 2630. The first-order valence-electron chi connectivity index (χ1n) is 23.1. The average molecular weight is 938 g/mol. The number of fused-ring (bicyclic) bond motifs is 2. The van der Waals surface area contributed by atoms with Crippen LogP contribution in [0.2, 0.25) is 0 Å². The van der Waals surface area contributed by atoms with E-state index in [4.69, 9.17) is 22.7 Å². The van der Waals surface area contributed by atoms with Gasteiger partial charge in [-0.3, -0.25) is 24.0 Å². The fraction of sp³-hybridized carbons (Fsp3) is 0.469. The summed E-state index contributed by atoms with van der Waals surface area (Å²) < 4.78 is 39.2. The van der Waals surface area contributed by atoms with Gasteiger partial charge in [0.05, 0.1) is 19.0 Å². The number of ketones is 3. The van der Waals surface area contributed by atoms with Crippen molar-refractivity contribution >= 4 is 67.5 Å². The highest BCUT2D eigenvalue weighted by Crippen LogP contribution is 2.38. The first-order chi connectivity index (χ1) is 31.8. The Morgan fingerprint density at radius 2 is 1.67 bits per heavy atom. The number of aromatic nitrogens is 1. The molecular weight excluding hydrogens is 879 g/mol. The number of thiocarbonyl (C=S) groups is 1. The standard InChI is InChI=1S/C49H59N7O8S2/c1-53-27-35(28-53)44(58)17-13-32-12-15-38-40(33-8-6-9-34(25-33)48(50)65)29-55(43(38)24-32)36-18-22-54(23-19-36)66(62,63)52-21-5-3-2-4-20-51-47(60)31-64-46-11-7-10-39-41(46)30-56(49(39)61)42-16-14-37(57)26-45(42)59/h6-12,15,24-25,29,35-36,42,52H,2-5,13-14,16-23,26-28,30-31H2,1H3,(H2,50,65)(H,51,60). The summed E-state index contributed by atoms with van der Waals surface area (Å²) in [4.78, 5) is 66.8. The van der Waals surface area contributed by atoms with Crippen molar-refractivity contribution < 1.29 is 37.1 Å². The number of nitrogens with two attached hydrogens (primary N) is 1. The molecule has 8 rings (SSSR count). The molecule has 4 N–H and O–H groups in total. The van der Waals surface area contributed by atoms with Crippen molar-refractivity contribution in [3.63, 3.8) is 0 Å². The summed E-state index contributed by atoms with van der Waals surface area (Å²) in [5.41, 5.74) is 12.1. The van der Waals surface area contributed by atoms with Gasteiger partial charge >= 0.3 is 0 Å². The molecule has 3 fully saturated rings. The number of hydrogen-bond donors (Lipinski definition) is 3. The lowest BCUT2D eigenvalue weighted by Gasteiger charge is -2.35. The van der Waals surface area contributed by atoms with Gasteiger partial charge in [0.1, 0.15) is 22.3 Å². The maximum atomic E-state index is 13.4. The molecule has 0 bridgehead atoms. The van der Waals surface area contributed by atoms with Crippen LogP contribution in [-0.2, 0) is 42.4 Å². The van der Waals surface area contributed by atoms with Crippen LogP contribution < -0.4 is 20.5 Å². The molecule has 1 unspecified atom stereocenters. The second-order valence-corrected chi connectivity index (χ2v) is 20.4. The molecule has 1 aliphatic carbocycles. The molecule has 0 spiro atoms. The Balaban J connectivity index is 0.770. The van der Waals surface area contributed by atoms with Gasteiger partial charge in [-0.1, -0.05) is 61.5 Å². The molecule has 15 nitrogen and oxygen atoms in total. The number of ether oxygens (including phenoxy) is 1. The van der Waals surface area contributed by atoms with E-state index in [1.165, 1.54) is 9.21 Å². The molecule has 4 aromatic rings. The Hall–Kier alpha value is -5.33. The van der Waals surface area contributed by atoms with E-state index in [1.54, 1.807) is 18.2 Å². The van der Waals surface area contributed by atoms with Gasteiger partial charge in [-0.2, -0.15) is 12.7 Å². The summed E-state index contributed by atoms with van der Waals surface area (Å²) in [5.74, 6) is -0.0753. The van der Waals surface area contributed by atoms with Crippen LogP contribution >= 0.6 is 12.2 Å². The van der Waals surface area contributed by atoms with E-state index < -0.39 is 16.3 Å². The number of unbranched alkanes of at least 4 members (excludes halogenated alkanes) is 3. The van der Waals surface area contributed by atoms with E-state index >= 15 is 0 Å². The van der Waals surface area contributed by atoms with Crippen molar-refractivity contribution in [2.45, 2.75) is 89.3 Å². The third-order valence-electron chi connectivity index (χ3n) is 13.5. The molecule has 2 amide bonds. The topological polar surface area (TPSA) is 193 Å². The fourth-order valence-corrected chi connectivity index (χ4v) is 11.2. The number of piperidine rings is 1. The number of carbonyl (C=O) groups excluding carboxylic acids is 5. The van der Waals surface area contributed by atoms with E-state index in [1.807, 2.05) is 31.3 Å². The molecule has 3 aliphatic heterocycles. The van der Waals surface area contributed by atoms with Crippen LogP contribution in [0.5, 0.6) is 5.75 Å². The van der Waals surface area contributed by atoms with Crippen molar-refractivity contribution in [3.05, 3.63) is 89.1 Å². The van der Waals surface area contributed by atoms with Crippen molar-refractivity contribution in [2.75, 3.05) is 52.9 Å². The quantitative estimate of drug-likeness (QED) is 0.0622. The number of benzene rings is 3. The Labute approximate surface area is 391 Å². The Morgan fingerprint density at radius 3 is 2.41 bits per heavy atom. The molecule has 1 atom stereocenters. The monoisotopic (exact) mass is 937 g/mol. The van der Waals surface area contributed by atoms with Crippen LogP contribution in [0.1, 0.15) is 97.3 Å². The molecule has 0 radical (unpaired) electrons. The molecule has 1 saturated carbocycles. The van der Waals surface area contributed by atoms with Gasteiger partial charge in [-0.15, -0.1) is 0 Å². The normalized spacial score (nSPS) is 18.7. The lowest BCUT2D eigenvalue weighted by molar-refractivity contribution is -0.133. The predicted octanol–water partition coefficient (Wildman–Crippen LogP) is 4.88. The van der Waals surface area contributed by atoms with Crippen molar-refractivity contribution in [2.24, 2.45) is 11.7 Å². The summed E-state index contributed by atoms with van der Waals surface area (Å²) >= 11 is 5.28. The number of carbonyl (C=O) groups is 5. The van der Waals surface area contributed by atoms with Crippen LogP contribution in [0.4, 0.5) is 0 Å². The third kappa shape index (κ3) is 10.8. The van der Waals surface area contributed by atoms with E-state index in [-0.39, 0.29) is 61.3 Å². The van der Waals surface area contributed by atoms with Crippen LogP contribution in [0, 0.1) is 5.92 Å². The number of nitrogens with one attached hydrogen (secondary N) is 2. The van der Waals surface area contributed by atoms with E-state index in [0.717, 1.165) is 59.1 Å². The van der Waals surface area contributed by atoms with Crippen LogP contribution in [-0.4, -0.2) is 120 Å². The second kappa shape index (κ2) is 20.7. The van der Waals surface area contributed by atoms with Gasteiger partial charge < -0.3 is 30.2 Å². The highest BCUT2D eigenvalue weighted by atomic mass is 32.2. The van der Waals surface area contributed by atoms with Gasteiger partial charge in [-0.05, 0) is 81.0 Å². The summed E-state index contributed by atoms with van der Waals surface area (Å²) in [7, 11) is -1.64. The van der Waals surface area contributed by atoms with Crippen LogP contribution in [0.3, 0.4) is 0 Å². The van der Waals surface area contributed by atoms with Crippen molar-refractivity contribution in [1.82, 2.24) is 28.7 Å². The highest BCUT2D eigenvalue weighted by molar-refractivity contribution is 7.87. The number of amides is 2. The molecule has 2 saturated heterocycles. The first-order valence-corrected chi connectivity index (χ1v) is 25.0. The summed E-state index contributed by atoms with van der Waals surface area (Å²) in [6.45, 7) is 3.13. The van der Waals surface area contributed by atoms with Gasteiger partial charge in [0.2, 0.25) is 0 Å². The lowest BCUT2D eigenvalue weighted by Crippen LogP contribution is -2.47. The number of hydrogen-bond acceptors (Lipinski definition) is 10. The molecule has 4 heterocycles. The van der Waals surface area contributed by atoms with Gasteiger partial charge in [0, 0.05) is 103 Å². The highest BCUT2D eigenvalue weighted by Gasteiger charge is 2.40. The Morgan fingerprint density at radius 1 is 0.909 bits per heavy atom. The number of likely N-dealkylation sites (tertiary alicyclic amines) is 1. The molecule has 350 valence electrons. The lowest BCUT2D eigenvalue weighted by atomic mass is 9.92. The van der Waals surface area contributed by atoms with Crippen molar-refractivity contribution in [1.29, 1.82) is 0 Å². The summed E-state index contributed by atoms with van der Waals surface area (Å²) in [5, 5.41) is 3.94. The smallest absolute Gasteiger partial charge is 0.279 e. The minimum Gasteiger partial charge on any atom is -0.483 e. The first kappa shape index (κ1) is 47.2. The van der Waals surface area contributed by atoms with E-state index in [9.17, 15) is 32.4 Å². The summed E-state index contributed by atoms with van der Waals surface area (Å²) in [6.07, 6.45) is 8.02. The zero-order chi connectivity index (χ0) is 46.5. The molecule has 1 aromatic heterocycles. The predicted molar refractivity (Wildman–Crippen MR) is 255 cm³/mol. The average Bonchev–Trinajstić information content (AvgIpc) is 3.85. The zero-order valence-corrected chi connectivity index (χ0v) is 39.1. The second-order valence-electron chi connectivity index (χ2n) is 18.2. The van der Waals surface area contributed by atoms with Gasteiger partial charge in [-0.25, -0.2) is 4.72 Å². The molecule has 3 aromatic carbocycles.